The predicted molar refractivity (Wildman–Crippen MR) is 71.9 cm³/mol. The van der Waals surface area contributed by atoms with Gasteiger partial charge in [-0.1, -0.05) is 40.0 Å². The van der Waals surface area contributed by atoms with E-state index in [9.17, 15) is 10.1 Å². The van der Waals surface area contributed by atoms with Gasteiger partial charge in [0.25, 0.3) is 5.69 Å². The number of hydrogen-bond donors (Lipinski definition) is 0. The standard InChI is InChI=1S/C12H13BrClNO2/c13-11-3-1-2-8(11)6-9-4-5-10(15(16)17)7-12(9)14/h4-5,7-8,11H,1-3,6H2. The second-order valence-electron chi connectivity index (χ2n) is 4.44. The van der Waals surface area contributed by atoms with Crippen molar-refractivity contribution in [3.8, 4) is 0 Å². The molecule has 17 heavy (non-hydrogen) atoms. The number of nitro groups is 1. The van der Waals surface area contributed by atoms with Crippen LogP contribution in [0.1, 0.15) is 24.8 Å². The number of nitrogens with zero attached hydrogens (tertiary/aromatic N) is 1. The van der Waals surface area contributed by atoms with Gasteiger partial charge in [0.2, 0.25) is 0 Å². The van der Waals surface area contributed by atoms with Crippen molar-refractivity contribution in [2.45, 2.75) is 30.5 Å². The van der Waals surface area contributed by atoms with Gasteiger partial charge in [-0.25, -0.2) is 0 Å². The van der Waals surface area contributed by atoms with E-state index in [0.717, 1.165) is 12.0 Å². The molecule has 0 radical (unpaired) electrons. The van der Waals surface area contributed by atoms with Crippen molar-refractivity contribution in [2.24, 2.45) is 5.92 Å². The van der Waals surface area contributed by atoms with Gasteiger partial charge in [-0.15, -0.1) is 0 Å². The third-order valence-electron chi connectivity index (χ3n) is 3.30. The summed E-state index contributed by atoms with van der Waals surface area (Å²) in [5, 5.41) is 11.1. The smallest absolute Gasteiger partial charge is 0.258 e. The third kappa shape index (κ3) is 2.99. The summed E-state index contributed by atoms with van der Waals surface area (Å²) in [5.41, 5.74) is 1.06. The molecule has 0 N–H and O–H groups in total. The molecular weight excluding hydrogens is 305 g/mol. The number of non-ortho nitro benzene ring substituents is 1. The van der Waals surface area contributed by atoms with Crippen LogP contribution in [0.4, 0.5) is 5.69 Å². The van der Waals surface area contributed by atoms with Crippen LogP contribution < -0.4 is 0 Å². The predicted octanol–water partition coefficient (Wildman–Crippen LogP) is 4.35. The fraction of sp³-hybridized carbons (Fsp3) is 0.500. The monoisotopic (exact) mass is 317 g/mol. The fourth-order valence-electron chi connectivity index (χ4n) is 2.32. The minimum absolute atomic E-state index is 0.0561. The van der Waals surface area contributed by atoms with Crippen molar-refractivity contribution < 1.29 is 4.92 Å². The minimum Gasteiger partial charge on any atom is -0.258 e. The van der Waals surface area contributed by atoms with Gasteiger partial charge in [-0.2, -0.15) is 0 Å². The summed E-state index contributed by atoms with van der Waals surface area (Å²) in [6, 6.07) is 4.74. The first-order chi connectivity index (χ1) is 8.08. The molecule has 0 aliphatic heterocycles. The Morgan fingerprint density at radius 1 is 1.47 bits per heavy atom. The highest BCUT2D eigenvalue weighted by Gasteiger charge is 2.25. The normalized spacial score (nSPS) is 23.9. The molecular formula is C12H13BrClNO2. The molecule has 1 aliphatic rings. The van der Waals surface area contributed by atoms with Gasteiger partial charge in [0.15, 0.2) is 0 Å². The van der Waals surface area contributed by atoms with Gasteiger partial charge >= 0.3 is 0 Å². The number of nitro benzene ring substituents is 1. The summed E-state index contributed by atoms with van der Waals surface area (Å²) in [4.78, 5) is 10.7. The van der Waals surface area contributed by atoms with E-state index in [1.54, 1.807) is 6.07 Å². The Morgan fingerprint density at radius 3 is 2.76 bits per heavy atom. The maximum absolute atomic E-state index is 10.6. The van der Waals surface area contributed by atoms with Gasteiger partial charge in [0.05, 0.1) is 9.95 Å². The SMILES string of the molecule is O=[N+]([O-])c1ccc(CC2CCCC2Br)c(Cl)c1. The summed E-state index contributed by atoms with van der Waals surface area (Å²) >= 11 is 9.75. The molecule has 1 aromatic carbocycles. The van der Waals surface area contributed by atoms with E-state index in [0.29, 0.717) is 15.8 Å². The van der Waals surface area contributed by atoms with E-state index in [2.05, 4.69) is 15.9 Å². The fourth-order valence-corrected chi connectivity index (χ4v) is 3.35. The summed E-state index contributed by atoms with van der Waals surface area (Å²) in [6.45, 7) is 0. The highest BCUT2D eigenvalue weighted by Crippen LogP contribution is 2.35. The molecule has 0 spiro atoms. The first kappa shape index (κ1) is 12.8. The van der Waals surface area contributed by atoms with Crippen LogP contribution in [0.15, 0.2) is 18.2 Å². The topological polar surface area (TPSA) is 43.1 Å². The second-order valence-corrected chi connectivity index (χ2v) is 6.03. The number of halogens is 2. The Kier molecular flexibility index (Phi) is 4.05. The molecule has 0 aromatic heterocycles. The molecule has 0 bridgehead atoms. The largest absolute Gasteiger partial charge is 0.270 e. The maximum atomic E-state index is 10.6. The molecule has 0 heterocycles. The molecule has 1 aliphatic carbocycles. The molecule has 1 aromatic rings. The van der Waals surface area contributed by atoms with Crippen LogP contribution in [0.5, 0.6) is 0 Å². The molecule has 3 nitrogen and oxygen atoms in total. The lowest BCUT2D eigenvalue weighted by Crippen LogP contribution is -2.10. The second kappa shape index (κ2) is 5.36. The average molecular weight is 319 g/mol. The number of alkyl halides is 1. The van der Waals surface area contributed by atoms with Gasteiger partial charge in [0.1, 0.15) is 0 Å². The Morgan fingerprint density at radius 2 is 2.24 bits per heavy atom. The van der Waals surface area contributed by atoms with E-state index in [1.807, 2.05) is 0 Å². The Labute approximate surface area is 113 Å². The zero-order valence-electron chi connectivity index (χ0n) is 9.23. The number of rotatable bonds is 3. The molecule has 1 fully saturated rings. The Balaban J connectivity index is 2.14. The molecule has 2 unspecified atom stereocenters. The van der Waals surface area contributed by atoms with Gasteiger partial charge < -0.3 is 0 Å². The van der Waals surface area contributed by atoms with Crippen LogP contribution in [0.3, 0.4) is 0 Å². The van der Waals surface area contributed by atoms with E-state index in [-0.39, 0.29) is 5.69 Å². The van der Waals surface area contributed by atoms with Crippen molar-refractivity contribution in [3.05, 3.63) is 38.9 Å². The van der Waals surface area contributed by atoms with Crippen molar-refractivity contribution >= 4 is 33.2 Å². The first-order valence-electron chi connectivity index (χ1n) is 5.65. The van der Waals surface area contributed by atoms with Crippen LogP contribution in [-0.4, -0.2) is 9.75 Å². The quantitative estimate of drug-likeness (QED) is 0.472. The van der Waals surface area contributed by atoms with Crippen LogP contribution in [0.2, 0.25) is 5.02 Å². The van der Waals surface area contributed by atoms with Crippen LogP contribution >= 0.6 is 27.5 Å². The zero-order chi connectivity index (χ0) is 12.4. The first-order valence-corrected chi connectivity index (χ1v) is 6.94. The summed E-state index contributed by atoms with van der Waals surface area (Å²) in [5.74, 6) is 0.592. The van der Waals surface area contributed by atoms with E-state index >= 15 is 0 Å². The molecule has 0 amide bonds. The number of benzene rings is 1. The summed E-state index contributed by atoms with van der Waals surface area (Å²) < 4.78 is 0. The van der Waals surface area contributed by atoms with Crippen molar-refractivity contribution in [1.82, 2.24) is 0 Å². The van der Waals surface area contributed by atoms with Crippen LogP contribution in [0, 0.1) is 16.0 Å². The van der Waals surface area contributed by atoms with E-state index in [4.69, 9.17) is 11.6 Å². The van der Waals surface area contributed by atoms with Crippen molar-refractivity contribution in [3.63, 3.8) is 0 Å². The van der Waals surface area contributed by atoms with Gasteiger partial charge in [0, 0.05) is 17.0 Å². The molecule has 5 heteroatoms. The minimum atomic E-state index is -0.418. The molecule has 92 valence electrons. The van der Waals surface area contributed by atoms with E-state index < -0.39 is 4.92 Å². The molecule has 2 rings (SSSR count). The molecule has 1 saturated carbocycles. The zero-order valence-corrected chi connectivity index (χ0v) is 11.6. The highest BCUT2D eigenvalue weighted by molar-refractivity contribution is 9.09. The highest BCUT2D eigenvalue weighted by atomic mass is 79.9. The molecule has 0 saturated heterocycles. The number of hydrogen-bond acceptors (Lipinski definition) is 2. The van der Waals surface area contributed by atoms with E-state index in [1.165, 1.54) is 31.4 Å². The van der Waals surface area contributed by atoms with Gasteiger partial charge in [-0.3, -0.25) is 10.1 Å². The van der Waals surface area contributed by atoms with Gasteiger partial charge in [-0.05, 0) is 30.7 Å². The van der Waals surface area contributed by atoms with Crippen molar-refractivity contribution in [2.75, 3.05) is 0 Å². The Hall–Kier alpha value is -0.610. The third-order valence-corrected chi connectivity index (χ3v) is 4.85. The lowest BCUT2D eigenvalue weighted by molar-refractivity contribution is -0.384. The van der Waals surface area contributed by atoms with Crippen molar-refractivity contribution in [1.29, 1.82) is 0 Å². The summed E-state index contributed by atoms with van der Waals surface area (Å²) in [6.07, 6.45) is 4.54. The van der Waals surface area contributed by atoms with Crippen LogP contribution in [0.25, 0.3) is 0 Å². The lowest BCUT2D eigenvalue weighted by atomic mass is 9.98. The lowest BCUT2D eigenvalue weighted by Gasteiger charge is -2.14. The van der Waals surface area contributed by atoms with Crippen LogP contribution in [-0.2, 0) is 6.42 Å². The maximum Gasteiger partial charge on any atom is 0.270 e. The Bertz CT molecular complexity index is 439. The summed E-state index contributed by atoms with van der Waals surface area (Å²) in [7, 11) is 0. The average Bonchev–Trinajstić information content (AvgIpc) is 2.67. The molecule has 2 atom stereocenters.